The lowest BCUT2D eigenvalue weighted by Crippen LogP contribution is -2.28. The lowest BCUT2D eigenvalue weighted by molar-refractivity contribution is -0.0757. The van der Waals surface area contributed by atoms with Crippen LogP contribution in [0, 0.1) is 0 Å². The van der Waals surface area contributed by atoms with E-state index in [4.69, 9.17) is 14.3 Å². The Morgan fingerprint density at radius 3 is 2.61 bits per heavy atom. The van der Waals surface area contributed by atoms with E-state index < -0.39 is 0 Å². The zero-order valence-corrected chi connectivity index (χ0v) is 11.3. The molecule has 0 saturated heterocycles. The molecule has 0 aliphatic carbocycles. The highest BCUT2D eigenvalue weighted by Crippen LogP contribution is 2.30. The molecule has 0 saturated carbocycles. The third-order valence-electron chi connectivity index (χ3n) is 2.47. The highest BCUT2D eigenvalue weighted by Gasteiger charge is 2.12. The molecule has 0 amide bonds. The Labute approximate surface area is 108 Å². The summed E-state index contributed by atoms with van der Waals surface area (Å²) in [4.78, 5) is 5.48. The Morgan fingerprint density at radius 2 is 1.89 bits per heavy atom. The lowest BCUT2D eigenvalue weighted by atomic mass is 10.2. The van der Waals surface area contributed by atoms with Gasteiger partial charge >= 0.3 is 0 Å². The van der Waals surface area contributed by atoms with E-state index >= 15 is 0 Å². The molecule has 100 valence electrons. The predicted molar refractivity (Wildman–Crippen MR) is 69.7 cm³/mol. The molecule has 4 heteroatoms. The maximum absolute atomic E-state index is 5.64. The predicted octanol–water partition coefficient (Wildman–Crippen LogP) is 2.67. The number of ether oxygens (including phenoxy) is 2. The van der Waals surface area contributed by atoms with Crippen LogP contribution < -0.4 is 15.0 Å². The van der Waals surface area contributed by atoms with Gasteiger partial charge in [-0.25, -0.2) is 0 Å². The molecule has 1 heterocycles. The smallest absolute Gasteiger partial charge is 0.161 e. The molecule has 1 aliphatic heterocycles. The van der Waals surface area contributed by atoms with Gasteiger partial charge in [-0.2, -0.15) is 5.48 Å². The Hall–Kier alpha value is -1.26. The van der Waals surface area contributed by atoms with Crippen molar-refractivity contribution in [3.63, 3.8) is 0 Å². The fourth-order valence-corrected chi connectivity index (χ4v) is 1.65. The van der Waals surface area contributed by atoms with Gasteiger partial charge in [0.15, 0.2) is 11.5 Å². The molecule has 0 unspecified atom stereocenters. The average molecular weight is 251 g/mol. The fraction of sp³-hybridized carbons (Fsp3) is 0.571. The summed E-state index contributed by atoms with van der Waals surface area (Å²) >= 11 is 0. The summed E-state index contributed by atoms with van der Waals surface area (Å²) in [6.07, 6.45) is 0.926. The number of nitrogens with one attached hydrogen (secondary N) is 1. The van der Waals surface area contributed by atoms with Gasteiger partial charge in [0.2, 0.25) is 0 Å². The Balaban J connectivity index is 1.96. The second kappa shape index (κ2) is 5.59. The van der Waals surface area contributed by atoms with Crippen molar-refractivity contribution in [1.82, 2.24) is 5.48 Å². The molecule has 1 N–H and O–H groups in total. The molecule has 0 aromatic heterocycles. The summed E-state index contributed by atoms with van der Waals surface area (Å²) in [5, 5.41) is 0. The van der Waals surface area contributed by atoms with Crippen molar-refractivity contribution in [2.45, 2.75) is 39.3 Å². The van der Waals surface area contributed by atoms with E-state index in [1.54, 1.807) is 0 Å². The minimum Gasteiger partial charge on any atom is -0.490 e. The van der Waals surface area contributed by atoms with E-state index in [1.165, 1.54) is 0 Å². The summed E-state index contributed by atoms with van der Waals surface area (Å²) in [6, 6.07) is 5.97. The Bertz CT molecular complexity index is 399. The van der Waals surface area contributed by atoms with Crippen LogP contribution >= 0.6 is 0 Å². The number of hydrogen-bond donors (Lipinski definition) is 1. The zero-order chi connectivity index (χ0) is 13.0. The molecule has 1 aromatic carbocycles. The van der Waals surface area contributed by atoms with Crippen molar-refractivity contribution in [3.8, 4) is 11.5 Å². The van der Waals surface area contributed by atoms with Crippen LogP contribution in [-0.2, 0) is 11.4 Å². The molecule has 4 nitrogen and oxygen atoms in total. The van der Waals surface area contributed by atoms with Gasteiger partial charge in [-0.1, -0.05) is 6.07 Å². The van der Waals surface area contributed by atoms with Crippen LogP contribution in [0.1, 0.15) is 32.8 Å². The van der Waals surface area contributed by atoms with E-state index in [0.717, 1.165) is 30.1 Å². The SMILES string of the molecule is CC(C)(C)ONCc1ccc2c(c1)OCCCO2. The highest BCUT2D eigenvalue weighted by atomic mass is 16.7. The van der Waals surface area contributed by atoms with E-state index in [2.05, 4.69) is 5.48 Å². The van der Waals surface area contributed by atoms with Crippen LogP contribution in [0.15, 0.2) is 18.2 Å². The molecule has 18 heavy (non-hydrogen) atoms. The zero-order valence-electron chi connectivity index (χ0n) is 11.3. The van der Waals surface area contributed by atoms with Crippen LogP contribution in [-0.4, -0.2) is 18.8 Å². The largest absolute Gasteiger partial charge is 0.490 e. The molecule has 0 fully saturated rings. The molecular weight excluding hydrogens is 230 g/mol. The van der Waals surface area contributed by atoms with Gasteiger partial charge in [0.1, 0.15) is 0 Å². The van der Waals surface area contributed by atoms with Gasteiger partial charge in [0.25, 0.3) is 0 Å². The topological polar surface area (TPSA) is 39.7 Å². The molecule has 1 aromatic rings. The standard InChI is InChI=1S/C14H21NO3/c1-14(2,3)18-15-10-11-5-6-12-13(9-11)17-8-4-7-16-12/h5-6,9,15H,4,7-8,10H2,1-3H3. The van der Waals surface area contributed by atoms with Crippen molar-refractivity contribution >= 4 is 0 Å². The molecule has 2 rings (SSSR count). The number of fused-ring (bicyclic) bond motifs is 1. The first-order chi connectivity index (χ1) is 8.54. The quantitative estimate of drug-likeness (QED) is 0.838. The summed E-state index contributed by atoms with van der Waals surface area (Å²) < 4.78 is 11.2. The lowest BCUT2D eigenvalue weighted by Gasteiger charge is -2.19. The second-order valence-corrected chi connectivity index (χ2v) is 5.37. The van der Waals surface area contributed by atoms with Gasteiger partial charge in [-0.15, -0.1) is 0 Å². The first kappa shape index (κ1) is 13.2. The van der Waals surface area contributed by atoms with Crippen molar-refractivity contribution in [3.05, 3.63) is 23.8 Å². The normalized spacial score (nSPS) is 15.3. The average Bonchev–Trinajstić information content (AvgIpc) is 2.51. The third kappa shape index (κ3) is 3.89. The summed E-state index contributed by atoms with van der Waals surface area (Å²) in [5.41, 5.74) is 3.89. The number of benzene rings is 1. The van der Waals surface area contributed by atoms with Crippen LogP contribution in [0.2, 0.25) is 0 Å². The molecule has 0 bridgehead atoms. The van der Waals surface area contributed by atoms with Crippen LogP contribution in [0.25, 0.3) is 0 Å². The van der Waals surface area contributed by atoms with E-state index in [9.17, 15) is 0 Å². The molecular formula is C14H21NO3. The highest BCUT2D eigenvalue weighted by molar-refractivity contribution is 5.43. The molecule has 0 atom stereocenters. The number of hydrogen-bond acceptors (Lipinski definition) is 4. The van der Waals surface area contributed by atoms with Gasteiger partial charge in [0, 0.05) is 13.0 Å². The van der Waals surface area contributed by atoms with Crippen molar-refractivity contribution in [2.75, 3.05) is 13.2 Å². The molecule has 1 aliphatic rings. The summed E-state index contributed by atoms with van der Waals surface area (Å²) in [7, 11) is 0. The monoisotopic (exact) mass is 251 g/mol. The molecule has 0 spiro atoms. The minimum atomic E-state index is -0.189. The van der Waals surface area contributed by atoms with Gasteiger partial charge < -0.3 is 9.47 Å². The minimum absolute atomic E-state index is 0.189. The first-order valence-corrected chi connectivity index (χ1v) is 6.34. The van der Waals surface area contributed by atoms with E-state index in [0.29, 0.717) is 13.2 Å². The van der Waals surface area contributed by atoms with Crippen molar-refractivity contribution in [1.29, 1.82) is 0 Å². The second-order valence-electron chi connectivity index (χ2n) is 5.37. The van der Waals surface area contributed by atoms with E-state index in [-0.39, 0.29) is 5.60 Å². The number of hydroxylamine groups is 1. The molecule has 0 radical (unpaired) electrons. The fourth-order valence-electron chi connectivity index (χ4n) is 1.65. The van der Waals surface area contributed by atoms with E-state index in [1.807, 2.05) is 39.0 Å². The third-order valence-corrected chi connectivity index (χ3v) is 2.47. The maximum atomic E-state index is 5.64. The van der Waals surface area contributed by atoms with Crippen molar-refractivity contribution in [2.24, 2.45) is 0 Å². The van der Waals surface area contributed by atoms with Crippen molar-refractivity contribution < 1.29 is 14.3 Å². The summed E-state index contributed by atoms with van der Waals surface area (Å²) in [6.45, 7) is 8.10. The Morgan fingerprint density at radius 1 is 1.17 bits per heavy atom. The van der Waals surface area contributed by atoms with Crippen LogP contribution in [0.3, 0.4) is 0 Å². The van der Waals surface area contributed by atoms with Gasteiger partial charge in [-0.3, -0.25) is 4.84 Å². The summed E-state index contributed by atoms with van der Waals surface area (Å²) in [5.74, 6) is 1.65. The first-order valence-electron chi connectivity index (χ1n) is 6.34. The Kier molecular flexibility index (Phi) is 4.09. The van der Waals surface area contributed by atoms with Crippen LogP contribution in [0.4, 0.5) is 0 Å². The maximum Gasteiger partial charge on any atom is 0.161 e. The van der Waals surface area contributed by atoms with Gasteiger partial charge in [-0.05, 0) is 38.5 Å². The number of rotatable bonds is 3. The van der Waals surface area contributed by atoms with Crippen LogP contribution in [0.5, 0.6) is 11.5 Å². The van der Waals surface area contributed by atoms with Gasteiger partial charge in [0.05, 0.1) is 18.8 Å².